The zero-order valence-electron chi connectivity index (χ0n) is 16.8. The van der Waals surface area contributed by atoms with E-state index in [1.165, 1.54) is 0 Å². The monoisotopic (exact) mass is 429 g/mol. The molecule has 0 amide bonds. The van der Waals surface area contributed by atoms with Crippen molar-refractivity contribution >= 4 is 33.0 Å². The Morgan fingerprint density at radius 2 is 1.97 bits per heavy atom. The first-order valence-electron chi connectivity index (χ1n) is 9.91. The molecule has 0 saturated heterocycles. The molecule has 0 aliphatic carbocycles. The number of nitrogens with zero attached hydrogens (tertiary/aromatic N) is 2. The second-order valence-electron chi connectivity index (χ2n) is 7.62. The van der Waals surface area contributed by atoms with Gasteiger partial charge in [0.15, 0.2) is 0 Å². The summed E-state index contributed by atoms with van der Waals surface area (Å²) >= 11 is 0. The summed E-state index contributed by atoms with van der Waals surface area (Å²) in [5.74, 6) is 0.966. The second-order valence-corrected chi connectivity index (χ2v) is 9.80. The molecule has 0 radical (unpaired) electrons. The summed E-state index contributed by atoms with van der Waals surface area (Å²) in [6, 6.07) is 15.3. The van der Waals surface area contributed by atoms with Crippen LogP contribution >= 0.6 is 10.6 Å². The summed E-state index contributed by atoms with van der Waals surface area (Å²) in [6.45, 7) is 2.88. The van der Waals surface area contributed by atoms with Gasteiger partial charge in [0.25, 0.3) is 0 Å². The molecule has 160 valence electrons. The van der Waals surface area contributed by atoms with Crippen LogP contribution in [-0.4, -0.2) is 55.9 Å². The zero-order chi connectivity index (χ0) is 21.3. The Kier molecular flexibility index (Phi) is 5.86. The van der Waals surface area contributed by atoms with E-state index in [1.807, 2.05) is 49.4 Å². The van der Waals surface area contributed by atoms with Crippen LogP contribution in [0.5, 0.6) is 0 Å². The molecule has 2 aromatic carbocycles. The van der Waals surface area contributed by atoms with Crippen molar-refractivity contribution in [3.63, 3.8) is 0 Å². The molecule has 7 nitrogen and oxygen atoms in total. The molecule has 0 bridgehead atoms. The van der Waals surface area contributed by atoms with E-state index in [4.69, 9.17) is 10.1 Å². The van der Waals surface area contributed by atoms with Crippen LogP contribution < -0.4 is 10.2 Å². The van der Waals surface area contributed by atoms with Crippen LogP contribution in [-0.2, 0) is 6.54 Å². The molecule has 2 heterocycles. The SMILES string of the molecule is Cc1cccc2c(NCC(O)CO)cc(N3CCS(O)(O)c4ccccc4C3)nc12. The van der Waals surface area contributed by atoms with E-state index in [1.54, 1.807) is 6.07 Å². The number of aliphatic hydroxyl groups excluding tert-OH is 2. The molecule has 1 unspecified atom stereocenters. The van der Waals surface area contributed by atoms with Crippen molar-refractivity contribution in [2.45, 2.75) is 24.5 Å². The summed E-state index contributed by atoms with van der Waals surface area (Å²) in [6.07, 6.45) is -0.862. The summed E-state index contributed by atoms with van der Waals surface area (Å²) < 4.78 is 21.3. The third-order valence-electron chi connectivity index (χ3n) is 5.42. The first-order valence-corrected chi connectivity index (χ1v) is 11.6. The van der Waals surface area contributed by atoms with Crippen LogP contribution in [0.1, 0.15) is 11.1 Å². The number of nitrogens with one attached hydrogen (secondary N) is 1. The lowest BCUT2D eigenvalue weighted by Crippen LogP contribution is -2.27. The molecule has 0 saturated carbocycles. The molecule has 8 heteroatoms. The molecule has 5 N–H and O–H groups in total. The Morgan fingerprint density at radius 3 is 2.77 bits per heavy atom. The van der Waals surface area contributed by atoms with Gasteiger partial charge in [-0.3, -0.25) is 9.11 Å². The molecular weight excluding hydrogens is 402 g/mol. The summed E-state index contributed by atoms with van der Waals surface area (Å²) in [5.41, 5.74) is 3.57. The van der Waals surface area contributed by atoms with Gasteiger partial charge in [0, 0.05) is 36.8 Å². The Balaban J connectivity index is 1.76. The first kappa shape index (κ1) is 20.9. The quantitative estimate of drug-likeness (QED) is 0.423. The van der Waals surface area contributed by atoms with Gasteiger partial charge in [0.1, 0.15) is 5.82 Å². The maximum Gasteiger partial charge on any atom is 0.131 e. The van der Waals surface area contributed by atoms with Crippen LogP contribution in [0.25, 0.3) is 10.9 Å². The molecule has 1 aliphatic rings. The standard InChI is InChI=1S/C22H27N3O4S/c1-15-5-4-7-18-19(23-12-17(27)14-26)11-21(24-22(15)18)25-9-10-30(28,29)20-8-3-2-6-16(20)13-25/h2-8,11,17,26-29H,9-10,12-14H2,1H3,(H,23,24). The first-order chi connectivity index (χ1) is 14.4. The smallest absolute Gasteiger partial charge is 0.131 e. The van der Waals surface area contributed by atoms with Gasteiger partial charge in [0.2, 0.25) is 0 Å². The lowest BCUT2D eigenvalue weighted by Gasteiger charge is -2.32. The lowest BCUT2D eigenvalue weighted by atomic mass is 10.1. The maximum absolute atomic E-state index is 10.6. The summed E-state index contributed by atoms with van der Waals surface area (Å²) in [5, 5.41) is 23.1. The van der Waals surface area contributed by atoms with E-state index in [0.29, 0.717) is 18.0 Å². The minimum absolute atomic E-state index is 0.215. The van der Waals surface area contributed by atoms with Gasteiger partial charge in [-0.1, -0.05) is 36.4 Å². The van der Waals surface area contributed by atoms with E-state index in [2.05, 4.69) is 10.2 Å². The van der Waals surface area contributed by atoms with Crippen LogP contribution in [0.3, 0.4) is 0 Å². The van der Waals surface area contributed by atoms with Crippen molar-refractivity contribution in [3.8, 4) is 0 Å². The Hall–Kier alpha value is -2.36. The van der Waals surface area contributed by atoms with Gasteiger partial charge < -0.3 is 20.4 Å². The van der Waals surface area contributed by atoms with Crippen LogP contribution in [0.2, 0.25) is 0 Å². The molecule has 4 rings (SSSR count). The highest BCUT2D eigenvalue weighted by molar-refractivity contribution is 8.24. The number of rotatable bonds is 5. The number of anilines is 2. The van der Waals surface area contributed by atoms with Crippen molar-refractivity contribution in [2.24, 2.45) is 0 Å². The molecule has 3 aromatic rings. The Morgan fingerprint density at radius 1 is 1.17 bits per heavy atom. The normalized spacial score (nSPS) is 17.8. The van der Waals surface area contributed by atoms with E-state index in [0.717, 1.165) is 33.5 Å². The number of fused-ring (bicyclic) bond motifs is 2. The number of aromatic nitrogens is 1. The van der Waals surface area contributed by atoms with Crippen molar-refractivity contribution < 1.29 is 19.3 Å². The van der Waals surface area contributed by atoms with Gasteiger partial charge >= 0.3 is 0 Å². The van der Waals surface area contributed by atoms with Crippen molar-refractivity contribution in [3.05, 3.63) is 59.7 Å². The lowest BCUT2D eigenvalue weighted by molar-refractivity contribution is 0.105. The zero-order valence-corrected chi connectivity index (χ0v) is 17.6. The topological polar surface area (TPSA) is 109 Å². The number of pyridine rings is 1. The molecule has 0 fully saturated rings. The van der Waals surface area contributed by atoms with Gasteiger partial charge in [0.05, 0.1) is 28.9 Å². The highest BCUT2D eigenvalue weighted by atomic mass is 32.3. The Bertz CT molecular complexity index is 1060. The number of aliphatic hydroxyl groups is 2. The van der Waals surface area contributed by atoms with Crippen molar-refractivity contribution in [1.82, 2.24) is 4.98 Å². The van der Waals surface area contributed by atoms with Crippen molar-refractivity contribution in [2.75, 3.05) is 35.7 Å². The van der Waals surface area contributed by atoms with Gasteiger partial charge in [-0.2, -0.15) is 10.6 Å². The third-order valence-corrected chi connectivity index (χ3v) is 7.28. The largest absolute Gasteiger partial charge is 0.394 e. The van der Waals surface area contributed by atoms with Gasteiger partial charge in [-0.25, -0.2) is 4.98 Å². The highest BCUT2D eigenvalue weighted by Crippen LogP contribution is 2.51. The average molecular weight is 430 g/mol. The predicted molar refractivity (Wildman–Crippen MR) is 122 cm³/mol. The fourth-order valence-electron chi connectivity index (χ4n) is 3.76. The van der Waals surface area contributed by atoms with Crippen LogP contribution in [0, 0.1) is 6.92 Å². The van der Waals surface area contributed by atoms with Gasteiger partial charge in [-0.05, 0) is 24.1 Å². The van der Waals surface area contributed by atoms with Crippen molar-refractivity contribution in [1.29, 1.82) is 0 Å². The maximum atomic E-state index is 10.6. The number of hydrogen-bond acceptors (Lipinski definition) is 7. The van der Waals surface area contributed by atoms with E-state index in [9.17, 15) is 14.2 Å². The van der Waals surface area contributed by atoms with Gasteiger partial charge in [-0.15, -0.1) is 0 Å². The highest BCUT2D eigenvalue weighted by Gasteiger charge is 2.26. The van der Waals surface area contributed by atoms with Crippen LogP contribution in [0.15, 0.2) is 53.4 Å². The van der Waals surface area contributed by atoms with E-state index in [-0.39, 0.29) is 18.9 Å². The summed E-state index contributed by atoms with van der Waals surface area (Å²) in [4.78, 5) is 7.55. The fraction of sp³-hybridized carbons (Fsp3) is 0.318. The molecule has 1 atom stereocenters. The molecule has 1 aliphatic heterocycles. The van der Waals surface area contributed by atoms with E-state index < -0.39 is 16.7 Å². The van der Waals surface area contributed by atoms with Crippen LogP contribution in [0.4, 0.5) is 11.5 Å². The minimum atomic E-state index is -2.85. The average Bonchev–Trinajstić information content (AvgIpc) is 2.88. The number of para-hydroxylation sites is 1. The number of aryl methyl sites for hydroxylation is 1. The predicted octanol–water partition coefficient (Wildman–Crippen LogP) is 3.44. The minimum Gasteiger partial charge on any atom is -0.394 e. The third kappa shape index (κ3) is 4.10. The number of benzene rings is 2. The Labute approximate surface area is 177 Å². The molecule has 1 aromatic heterocycles. The number of hydrogen-bond donors (Lipinski definition) is 5. The molecule has 0 spiro atoms. The van der Waals surface area contributed by atoms with E-state index >= 15 is 0 Å². The molecular formula is C22H27N3O4S. The summed E-state index contributed by atoms with van der Waals surface area (Å²) in [7, 11) is -2.85. The molecule has 30 heavy (non-hydrogen) atoms. The fourth-order valence-corrected chi connectivity index (χ4v) is 5.30. The second kappa shape index (κ2) is 8.41.